The van der Waals surface area contributed by atoms with Crippen molar-refractivity contribution in [3.63, 3.8) is 0 Å². The molecule has 0 atom stereocenters. The number of halogens is 1. The first-order valence-corrected chi connectivity index (χ1v) is 7.11. The summed E-state index contributed by atoms with van der Waals surface area (Å²) in [4.78, 5) is 8.83. The Labute approximate surface area is 111 Å². The first kappa shape index (κ1) is 12.8. The fraction of sp³-hybridized carbons (Fsp3) is 0.692. The van der Waals surface area contributed by atoms with Gasteiger partial charge in [0.15, 0.2) is 0 Å². The first-order chi connectivity index (χ1) is 8.15. The highest BCUT2D eigenvalue weighted by molar-refractivity contribution is 9.10. The second-order valence-corrected chi connectivity index (χ2v) is 5.86. The normalized spacial score (nSPS) is 15.3. The summed E-state index contributed by atoms with van der Waals surface area (Å²) in [5.74, 6) is 2.93. The molecule has 1 fully saturated rings. The van der Waals surface area contributed by atoms with Crippen LogP contribution in [0.1, 0.15) is 51.3 Å². The molecule has 0 unspecified atom stereocenters. The molecule has 0 bridgehead atoms. The van der Waals surface area contributed by atoms with E-state index in [1.807, 2.05) is 6.07 Å². The lowest BCUT2D eigenvalue weighted by molar-refractivity contribution is 0.285. The van der Waals surface area contributed by atoms with Gasteiger partial charge in [-0.25, -0.2) is 4.98 Å². The lowest BCUT2D eigenvalue weighted by atomic mass is 10.1. The Hall–Kier alpha value is -0.640. The summed E-state index contributed by atoms with van der Waals surface area (Å²) in [6.07, 6.45) is 4.70. The Bertz CT molecular complexity index is 378. The molecule has 17 heavy (non-hydrogen) atoms. The summed E-state index contributed by atoms with van der Waals surface area (Å²) in [7, 11) is 0. The van der Waals surface area contributed by atoms with E-state index in [-0.39, 0.29) is 0 Å². The molecule has 0 N–H and O–H groups in total. The quantitative estimate of drug-likeness (QED) is 0.589. The highest BCUT2D eigenvalue weighted by Crippen LogP contribution is 2.39. The minimum atomic E-state index is 0.561. The maximum Gasteiger partial charge on any atom is 0.217 e. The molecule has 0 aromatic carbocycles. The highest BCUT2D eigenvalue weighted by atomic mass is 79.9. The minimum Gasteiger partial charge on any atom is -0.478 e. The zero-order valence-corrected chi connectivity index (χ0v) is 12.0. The molecule has 0 saturated heterocycles. The molecule has 94 valence electrons. The van der Waals surface area contributed by atoms with E-state index in [1.165, 1.54) is 19.3 Å². The van der Waals surface area contributed by atoms with Gasteiger partial charge >= 0.3 is 0 Å². The maximum absolute atomic E-state index is 5.67. The van der Waals surface area contributed by atoms with E-state index < -0.39 is 0 Å². The largest absolute Gasteiger partial charge is 0.478 e. The molecular weight excluding hydrogens is 280 g/mol. The molecule has 1 aliphatic carbocycles. The second-order valence-electron chi connectivity index (χ2n) is 5.05. The Kier molecular flexibility index (Phi) is 4.37. The number of nitrogens with zero attached hydrogens (tertiary/aromatic N) is 2. The molecule has 0 aliphatic heterocycles. The summed E-state index contributed by atoms with van der Waals surface area (Å²) in [6.45, 7) is 5.20. The van der Waals surface area contributed by atoms with Crippen molar-refractivity contribution in [2.24, 2.45) is 5.92 Å². The number of rotatable bonds is 6. The molecule has 1 aliphatic rings. The minimum absolute atomic E-state index is 0.561. The fourth-order valence-electron chi connectivity index (χ4n) is 1.68. The smallest absolute Gasteiger partial charge is 0.217 e. The molecule has 1 aromatic rings. The number of hydrogen-bond acceptors (Lipinski definition) is 3. The third kappa shape index (κ3) is 4.26. The van der Waals surface area contributed by atoms with E-state index in [9.17, 15) is 0 Å². The molecule has 1 heterocycles. The summed E-state index contributed by atoms with van der Waals surface area (Å²) in [5.41, 5.74) is 0. The SMILES string of the molecule is CC(C)CCCOc1cc(Br)nc(C2CC2)n1. The van der Waals surface area contributed by atoms with Gasteiger partial charge in [-0.05, 0) is 47.5 Å². The van der Waals surface area contributed by atoms with E-state index >= 15 is 0 Å². The standard InChI is InChI=1S/C13H19BrN2O/c1-9(2)4-3-7-17-12-8-11(14)15-13(16-12)10-5-6-10/h8-10H,3-7H2,1-2H3. The Morgan fingerprint density at radius 3 is 2.82 bits per heavy atom. The van der Waals surface area contributed by atoms with Gasteiger partial charge in [-0.3, -0.25) is 0 Å². The van der Waals surface area contributed by atoms with Crippen LogP contribution in [-0.4, -0.2) is 16.6 Å². The van der Waals surface area contributed by atoms with E-state index in [0.29, 0.717) is 11.8 Å². The van der Waals surface area contributed by atoms with Crippen molar-refractivity contribution in [2.45, 2.75) is 45.4 Å². The van der Waals surface area contributed by atoms with Crippen LogP contribution in [0.15, 0.2) is 10.7 Å². The predicted molar refractivity (Wildman–Crippen MR) is 71.3 cm³/mol. The predicted octanol–water partition coefficient (Wildman–Crippen LogP) is 3.93. The van der Waals surface area contributed by atoms with E-state index in [2.05, 4.69) is 39.7 Å². The molecule has 4 heteroatoms. The first-order valence-electron chi connectivity index (χ1n) is 6.32. The third-order valence-corrected chi connectivity index (χ3v) is 3.21. The van der Waals surface area contributed by atoms with Crippen molar-refractivity contribution in [1.29, 1.82) is 0 Å². The van der Waals surface area contributed by atoms with Crippen molar-refractivity contribution in [1.82, 2.24) is 9.97 Å². The number of hydrogen-bond donors (Lipinski definition) is 0. The van der Waals surface area contributed by atoms with Crippen molar-refractivity contribution >= 4 is 15.9 Å². The van der Waals surface area contributed by atoms with Crippen LogP contribution >= 0.6 is 15.9 Å². The van der Waals surface area contributed by atoms with Crippen molar-refractivity contribution in [3.8, 4) is 5.88 Å². The van der Waals surface area contributed by atoms with Gasteiger partial charge in [0.1, 0.15) is 10.4 Å². The van der Waals surface area contributed by atoms with Gasteiger partial charge in [-0.2, -0.15) is 4.98 Å². The van der Waals surface area contributed by atoms with E-state index in [0.717, 1.165) is 29.4 Å². The van der Waals surface area contributed by atoms with Crippen LogP contribution in [-0.2, 0) is 0 Å². The highest BCUT2D eigenvalue weighted by Gasteiger charge is 2.27. The molecule has 0 radical (unpaired) electrons. The van der Waals surface area contributed by atoms with Crippen molar-refractivity contribution in [2.75, 3.05) is 6.61 Å². The molecule has 0 amide bonds. The van der Waals surface area contributed by atoms with Crippen LogP contribution in [0.2, 0.25) is 0 Å². The second kappa shape index (κ2) is 5.80. The number of ether oxygens (including phenoxy) is 1. The monoisotopic (exact) mass is 298 g/mol. The molecule has 3 nitrogen and oxygen atoms in total. The van der Waals surface area contributed by atoms with Crippen molar-refractivity contribution < 1.29 is 4.74 Å². The van der Waals surface area contributed by atoms with Crippen LogP contribution in [0.3, 0.4) is 0 Å². The van der Waals surface area contributed by atoms with Gasteiger partial charge in [0.05, 0.1) is 6.61 Å². The van der Waals surface area contributed by atoms with Gasteiger partial charge in [0, 0.05) is 12.0 Å². The van der Waals surface area contributed by atoms with Gasteiger partial charge in [-0.15, -0.1) is 0 Å². The van der Waals surface area contributed by atoms with Gasteiger partial charge in [0.2, 0.25) is 5.88 Å². The maximum atomic E-state index is 5.67. The Balaban J connectivity index is 1.87. The third-order valence-electron chi connectivity index (χ3n) is 2.81. The zero-order chi connectivity index (χ0) is 12.3. The van der Waals surface area contributed by atoms with Crippen LogP contribution in [0, 0.1) is 5.92 Å². The number of aromatic nitrogens is 2. The van der Waals surface area contributed by atoms with Crippen LogP contribution < -0.4 is 4.74 Å². The van der Waals surface area contributed by atoms with E-state index in [1.54, 1.807) is 0 Å². The average Bonchev–Trinajstić information content (AvgIpc) is 3.07. The lowest BCUT2D eigenvalue weighted by Crippen LogP contribution is -2.03. The van der Waals surface area contributed by atoms with Crippen molar-refractivity contribution in [3.05, 3.63) is 16.5 Å². The van der Waals surface area contributed by atoms with E-state index in [4.69, 9.17) is 4.74 Å². The van der Waals surface area contributed by atoms with Gasteiger partial charge in [-0.1, -0.05) is 13.8 Å². The summed E-state index contributed by atoms with van der Waals surface area (Å²) >= 11 is 3.41. The molecule has 1 aromatic heterocycles. The molecule has 2 rings (SSSR count). The summed E-state index contributed by atoms with van der Waals surface area (Å²) in [5, 5.41) is 0. The summed E-state index contributed by atoms with van der Waals surface area (Å²) in [6, 6.07) is 1.85. The van der Waals surface area contributed by atoms with Crippen LogP contribution in [0.4, 0.5) is 0 Å². The molecule has 1 saturated carbocycles. The van der Waals surface area contributed by atoms with Crippen LogP contribution in [0.25, 0.3) is 0 Å². The summed E-state index contributed by atoms with van der Waals surface area (Å²) < 4.78 is 6.50. The molecule has 0 spiro atoms. The topological polar surface area (TPSA) is 35.0 Å². The fourth-order valence-corrected chi connectivity index (χ4v) is 2.06. The average molecular weight is 299 g/mol. The van der Waals surface area contributed by atoms with Gasteiger partial charge < -0.3 is 4.74 Å². The zero-order valence-electron chi connectivity index (χ0n) is 10.4. The van der Waals surface area contributed by atoms with Crippen LogP contribution in [0.5, 0.6) is 5.88 Å². The Morgan fingerprint density at radius 2 is 2.18 bits per heavy atom. The lowest BCUT2D eigenvalue weighted by Gasteiger charge is -2.08. The Morgan fingerprint density at radius 1 is 1.41 bits per heavy atom. The molecular formula is C13H19BrN2O. The van der Waals surface area contributed by atoms with Gasteiger partial charge in [0.25, 0.3) is 0 Å².